The average molecular weight is 283 g/mol. The third-order valence-corrected chi connectivity index (χ3v) is 4.59. The molecule has 112 valence electrons. The van der Waals surface area contributed by atoms with Gasteiger partial charge in [0.25, 0.3) is 0 Å². The lowest BCUT2D eigenvalue weighted by Gasteiger charge is -2.33. The van der Waals surface area contributed by atoms with E-state index in [-0.39, 0.29) is 0 Å². The van der Waals surface area contributed by atoms with Gasteiger partial charge in [0, 0.05) is 18.6 Å². The molecule has 2 heteroatoms. The fraction of sp³-hybridized carbons (Fsp3) is 0.474. The predicted molar refractivity (Wildman–Crippen MR) is 88.6 cm³/mol. The van der Waals surface area contributed by atoms with Gasteiger partial charge < -0.3 is 10.1 Å². The quantitative estimate of drug-likeness (QED) is 0.907. The molecule has 2 aromatic carbocycles. The summed E-state index contributed by atoms with van der Waals surface area (Å²) in [4.78, 5) is 0. The van der Waals surface area contributed by atoms with E-state index in [0.717, 1.165) is 19.8 Å². The van der Waals surface area contributed by atoms with Gasteiger partial charge in [0.05, 0.1) is 6.61 Å². The van der Waals surface area contributed by atoms with Crippen LogP contribution < -0.4 is 5.32 Å². The zero-order valence-corrected chi connectivity index (χ0v) is 13.1. The summed E-state index contributed by atoms with van der Waals surface area (Å²) < 4.78 is 5.74. The Morgan fingerprint density at radius 1 is 1.24 bits per heavy atom. The average Bonchev–Trinajstić information content (AvgIpc) is 2.54. The van der Waals surface area contributed by atoms with Crippen LogP contribution in [0.5, 0.6) is 0 Å². The van der Waals surface area contributed by atoms with E-state index < -0.39 is 0 Å². The lowest BCUT2D eigenvalue weighted by Crippen LogP contribution is -2.34. The molecule has 1 saturated heterocycles. The van der Waals surface area contributed by atoms with Crippen LogP contribution in [0.3, 0.4) is 0 Å². The second kappa shape index (κ2) is 6.59. The number of hydrogen-bond donors (Lipinski definition) is 1. The highest BCUT2D eigenvalue weighted by Gasteiger charge is 2.27. The normalized spacial score (nSPS) is 20.6. The van der Waals surface area contributed by atoms with E-state index in [2.05, 4.69) is 55.6 Å². The number of hydrogen-bond acceptors (Lipinski definition) is 2. The molecular weight excluding hydrogens is 258 g/mol. The third kappa shape index (κ3) is 2.97. The molecule has 0 aliphatic carbocycles. The number of fused-ring (bicyclic) bond motifs is 1. The highest BCUT2D eigenvalue weighted by molar-refractivity contribution is 5.87. The summed E-state index contributed by atoms with van der Waals surface area (Å²) in [6, 6.07) is 13.6. The van der Waals surface area contributed by atoms with E-state index in [1.807, 2.05) is 0 Å². The first-order chi connectivity index (χ1) is 10.3. The monoisotopic (exact) mass is 283 g/mol. The maximum atomic E-state index is 5.74. The topological polar surface area (TPSA) is 21.3 Å². The summed E-state index contributed by atoms with van der Waals surface area (Å²) in [6.45, 7) is 7.21. The Morgan fingerprint density at radius 2 is 2.10 bits per heavy atom. The van der Waals surface area contributed by atoms with Gasteiger partial charge >= 0.3 is 0 Å². The first-order valence-corrected chi connectivity index (χ1v) is 8.10. The standard InChI is InChI=1S/C19H25NO/c1-3-20-19(16-8-6-12-21-13-16)18-14(2)10-11-15-7-4-5-9-17(15)18/h4-5,7,9-11,16,19-20H,3,6,8,12-13H2,1-2H3. The predicted octanol–water partition coefficient (Wildman–Crippen LogP) is 4.23. The molecule has 1 heterocycles. The molecule has 3 rings (SSSR count). The van der Waals surface area contributed by atoms with Crippen LogP contribution in [0.15, 0.2) is 36.4 Å². The molecule has 1 aliphatic rings. The van der Waals surface area contributed by atoms with Crippen molar-refractivity contribution in [3.63, 3.8) is 0 Å². The Labute approximate surface area is 127 Å². The van der Waals surface area contributed by atoms with Gasteiger partial charge in [-0.05, 0) is 48.2 Å². The molecule has 0 saturated carbocycles. The molecule has 0 aromatic heterocycles. The number of ether oxygens (including phenoxy) is 1. The fourth-order valence-electron chi connectivity index (χ4n) is 3.57. The number of benzene rings is 2. The molecule has 1 fully saturated rings. The lowest BCUT2D eigenvalue weighted by molar-refractivity contribution is 0.0394. The van der Waals surface area contributed by atoms with E-state index in [1.54, 1.807) is 0 Å². The minimum atomic E-state index is 0.390. The van der Waals surface area contributed by atoms with Gasteiger partial charge in [-0.1, -0.05) is 43.3 Å². The summed E-state index contributed by atoms with van der Waals surface area (Å²) in [6.07, 6.45) is 2.43. The Morgan fingerprint density at radius 3 is 2.86 bits per heavy atom. The third-order valence-electron chi connectivity index (χ3n) is 4.59. The van der Waals surface area contributed by atoms with Gasteiger partial charge in [-0.15, -0.1) is 0 Å². The maximum Gasteiger partial charge on any atom is 0.0512 e. The van der Waals surface area contributed by atoms with Crippen LogP contribution in [-0.2, 0) is 4.74 Å². The molecule has 2 unspecified atom stereocenters. The van der Waals surface area contributed by atoms with E-state index in [0.29, 0.717) is 12.0 Å². The molecule has 1 N–H and O–H groups in total. The Bertz CT molecular complexity index is 602. The summed E-state index contributed by atoms with van der Waals surface area (Å²) in [7, 11) is 0. The van der Waals surface area contributed by atoms with Crippen LogP contribution in [-0.4, -0.2) is 19.8 Å². The molecule has 0 spiro atoms. The molecule has 2 nitrogen and oxygen atoms in total. The summed E-state index contributed by atoms with van der Waals surface area (Å²) in [5.41, 5.74) is 2.84. The zero-order valence-electron chi connectivity index (χ0n) is 13.1. The van der Waals surface area contributed by atoms with Crippen molar-refractivity contribution >= 4 is 10.8 Å². The van der Waals surface area contributed by atoms with Crippen LogP contribution in [0.4, 0.5) is 0 Å². The minimum absolute atomic E-state index is 0.390. The number of rotatable bonds is 4. The van der Waals surface area contributed by atoms with Crippen molar-refractivity contribution in [2.24, 2.45) is 5.92 Å². The highest BCUT2D eigenvalue weighted by Crippen LogP contribution is 2.35. The van der Waals surface area contributed by atoms with E-state index >= 15 is 0 Å². The molecule has 21 heavy (non-hydrogen) atoms. The Balaban J connectivity index is 2.07. The van der Waals surface area contributed by atoms with Gasteiger partial charge in [0.1, 0.15) is 0 Å². The molecule has 2 aromatic rings. The first kappa shape index (κ1) is 14.6. The van der Waals surface area contributed by atoms with Crippen molar-refractivity contribution in [2.75, 3.05) is 19.8 Å². The fourth-order valence-corrected chi connectivity index (χ4v) is 3.57. The van der Waals surface area contributed by atoms with Gasteiger partial charge in [-0.3, -0.25) is 0 Å². The maximum absolute atomic E-state index is 5.74. The van der Waals surface area contributed by atoms with Crippen molar-refractivity contribution in [2.45, 2.75) is 32.7 Å². The molecule has 0 bridgehead atoms. The number of nitrogens with one attached hydrogen (secondary N) is 1. The number of aryl methyl sites for hydroxylation is 1. The van der Waals surface area contributed by atoms with Gasteiger partial charge in [0.15, 0.2) is 0 Å². The van der Waals surface area contributed by atoms with Gasteiger partial charge in [-0.25, -0.2) is 0 Å². The van der Waals surface area contributed by atoms with Crippen LogP contribution in [0.25, 0.3) is 10.8 Å². The van der Waals surface area contributed by atoms with E-state index in [1.165, 1.54) is 34.7 Å². The first-order valence-electron chi connectivity index (χ1n) is 8.10. The second-order valence-electron chi connectivity index (χ2n) is 6.03. The Kier molecular flexibility index (Phi) is 4.57. The molecular formula is C19H25NO. The summed E-state index contributed by atoms with van der Waals surface area (Å²) in [5, 5.41) is 6.44. The van der Waals surface area contributed by atoms with Crippen LogP contribution in [0, 0.1) is 12.8 Å². The molecule has 0 radical (unpaired) electrons. The SMILES string of the molecule is CCNC(c1c(C)ccc2ccccc12)C1CCCOC1. The lowest BCUT2D eigenvalue weighted by atomic mass is 9.84. The van der Waals surface area contributed by atoms with Crippen LogP contribution in [0.1, 0.15) is 36.9 Å². The van der Waals surface area contributed by atoms with Crippen LogP contribution >= 0.6 is 0 Å². The van der Waals surface area contributed by atoms with Crippen molar-refractivity contribution in [3.05, 3.63) is 47.5 Å². The Hall–Kier alpha value is -1.38. The summed E-state index contributed by atoms with van der Waals surface area (Å²) in [5.74, 6) is 0.572. The smallest absolute Gasteiger partial charge is 0.0512 e. The van der Waals surface area contributed by atoms with Gasteiger partial charge in [0.2, 0.25) is 0 Å². The minimum Gasteiger partial charge on any atom is -0.381 e. The van der Waals surface area contributed by atoms with Crippen molar-refractivity contribution in [3.8, 4) is 0 Å². The van der Waals surface area contributed by atoms with E-state index in [4.69, 9.17) is 4.74 Å². The molecule has 0 amide bonds. The van der Waals surface area contributed by atoms with Crippen molar-refractivity contribution in [1.29, 1.82) is 0 Å². The van der Waals surface area contributed by atoms with Crippen molar-refractivity contribution in [1.82, 2.24) is 5.32 Å². The highest BCUT2D eigenvalue weighted by atomic mass is 16.5. The van der Waals surface area contributed by atoms with E-state index in [9.17, 15) is 0 Å². The van der Waals surface area contributed by atoms with Crippen molar-refractivity contribution < 1.29 is 4.74 Å². The molecule has 1 aliphatic heterocycles. The second-order valence-corrected chi connectivity index (χ2v) is 6.03. The molecule has 2 atom stereocenters. The zero-order chi connectivity index (χ0) is 14.7. The van der Waals surface area contributed by atoms with Crippen LogP contribution in [0.2, 0.25) is 0 Å². The summed E-state index contributed by atoms with van der Waals surface area (Å²) >= 11 is 0. The van der Waals surface area contributed by atoms with Gasteiger partial charge in [-0.2, -0.15) is 0 Å². The largest absolute Gasteiger partial charge is 0.381 e.